The summed E-state index contributed by atoms with van der Waals surface area (Å²) in [6.45, 7) is 4.52. The molecule has 0 N–H and O–H groups in total. The van der Waals surface area contributed by atoms with E-state index >= 15 is 0 Å². The van der Waals surface area contributed by atoms with Crippen molar-refractivity contribution >= 4 is 15.9 Å². The Morgan fingerprint density at radius 2 is 2.12 bits per heavy atom. The summed E-state index contributed by atoms with van der Waals surface area (Å²) >= 11 is 3.52. The lowest BCUT2D eigenvalue weighted by molar-refractivity contribution is 0.509. The lowest BCUT2D eigenvalue weighted by Gasteiger charge is -2.16. The molecule has 0 amide bonds. The number of rotatable bonds is 7. The molecule has 0 radical (unpaired) electrons. The van der Waals surface area contributed by atoms with Crippen molar-refractivity contribution in [1.29, 1.82) is 0 Å². The molecule has 1 aromatic rings. The van der Waals surface area contributed by atoms with Crippen LogP contribution in [0.5, 0.6) is 0 Å². The Bertz CT molecular complexity index is 358. The minimum absolute atomic E-state index is 0.593. The first-order valence-corrected chi connectivity index (χ1v) is 7.93. The first-order chi connectivity index (χ1) is 8.31. The predicted molar refractivity (Wildman–Crippen MR) is 73.5 cm³/mol. The summed E-state index contributed by atoms with van der Waals surface area (Å²) < 4.78 is 2.40. The molecule has 1 aliphatic carbocycles. The molecule has 2 rings (SSSR count). The Hall–Kier alpha value is -0.380. The van der Waals surface area contributed by atoms with Gasteiger partial charge in [-0.1, -0.05) is 42.6 Å². The average molecular weight is 300 g/mol. The summed E-state index contributed by atoms with van der Waals surface area (Å²) in [5.74, 6) is 2.94. The maximum absolute atomic E-state index is 4.46. The minimum Gasteiger partial charge on any atom is -0.311 e. The van der Waals surface area contributed by atoms with Crippen molar-refractivity contribution in [1.82, 2.24) is 14.8 Å². The molecule has 0 aliphatic heterocycles. The Balaban J connectivity index is 2.20. The highest BCUT2D eigenvalue weighted by Crippen LogP contribution is 2.39. The van der Waals surface area contributed by atoms with Crippen molar-refractivity contribution in [2.24, 2.45) is 0 Å². The number of unbranched alkanes of at least 4 members (excludes halogenated alkanes) is 1. The van der Waals surface area contributed by atoms with Crippen LogP contribution in [0.3, 0.4) is 0 Å². The molecule has 1 saturated carbocycles. The third-order valence-electron chi connectivity index (χ3n) is 3.59. The first-order valence-electron chi connectivity index (χ1n) is 6.81. The monoisotopic (exact) mass is 299 g/mol. The van der Waals surface area contributed by atoms with Crippen LogP contribution in [0.1, 0.15) is 76.0 Å². The topological polar surface area (TPSA) is 30.7 Å². The van der Waals surface area contributed by atoms with Crippen LogP contribution in [0, 0.1) is 0 Å². The third kappa shape index (κ3) is 2.90. The molecule has 1 aromatic heterocycles. The second-order valence-corrected chi connectivity index (χ2v) is 5.52. The van der Waals surface area contributed by atoms with E-state index in [1.54, 1.807) is 0 Å². The molecule has 0 bridgehead atoms. The molecule has 1 aliphatic rings. The van der Waals surface area contributed by atoms with Gasteiger partial charge in [0.2, 0.25) is 0 Å². The van der Waals surface area contributed by atoms with E-state index in [9.17, 15) is 0 Å². The normalized spacial score (nSPS) is 17.4. The van der Waals surface area contributed by atoms with Crippen molar-refractivity contribution in [3.63, 3.8) is 0 Å². The van der Waals surface area contributed by atoms with Crippen LogP contribution >= 0.6 is 15.9 Å². The van der Waals surface area contributed by atoms with Crippen molar-refractivity contribution in [2.75, 3.05) is 0 Å². The van der Waals surface area contributed by atoms with E-state index in [0.717, 1.165) is 11.2 Å². The first kappa shape index (κ1) is 13.1. The second-order valence-electron chi connectivity index (χ2n) is 4.96. The van der Waals surface area contributed by atoms with Gasteiger partial charge in [0.15, 0.2) is 0 Å². The second kappa shape index (κ2) is 5.98. The van der Waals surface area contributed by atoms with Crippen molar-refractivity contribution < 1.29 is 0 Å². The minimum atomic E-state index is 0.593. The summed E-state index contributed by atoms with van der Waals surface area (Å²) in [6, 6.07) is 0.684. The molecule has 1 heterocycles. The van der Waals surface area contributed by atoms with Gasteiger partial charge in [0.1, 0.15) is 11.6 Å². The zero-order chi connectivity index (χ0) is 12.3. The van der Waals surface area contributed by atoms with Gasteiger partial charge in [-0.3, -0.25) is 0 Å². The maximum atomic E-state index is 4.46. The summed E-state index contributed by atoms with van der Waals surface area (Å²) in [5.41, 5.74) is 0. The molecule has 17 heavy (non-hydrogen) atoms. The molecular formula is C13H22BrN3. The third-order valence-corrected chi connectivity index (χ3v) is 4.09. The standard InChI is InChI=1S/C13H22BrN3/c1-3-5-6-10(4-2)13-16-15-12(9-14)17(13)11-7-8-11/h10-11H,3-9H2,1-2H3. The smallest absolute Gasteiger partial charge is 0.143 e. The summed E-state index contributed by atoms with van der Waals surface area (Å²) in [5, 5.41) is 9.61. The van der Waals surface area contributed by atoms with Crippen LogP contribution in [0.4, 0.5) is 0 Å². The molecule has 0 aromatic carbocycles. The number of hydrogen-bond donors (Lipinski definition) is 0. The van der Waals surface area contributed by atoms with Gasteiger partial charge < -0.3 is 4.57 Å². The molecule has 1 unspecified atom stereocenters. The van der Waals surface area contributed by atoms with Gasteiger partial charge in [-0.15, -0.1) is 10.2 Å². The van der Waals surface area contributed by atoms with Gasteiger partial charge >= 0.3 is 0 Å². The zero-order valence-corrected chi connectivity index (χ0v) is 12.4. The van der Waals surface area contributed by atoms with Crippen LogP contribution < -0.4 is 0 Å². The highest BCUT2D eigenvalue weighted by molar-refractivity contribution is 9.08. The maximum Gasteiger partial charge on any atom is 0.143 e. The number of alkyl halides is 1. The SMILES string of the molecule is CCCCC(CC)c1nnc(CBr)n1C1CC1. The van der Waals surface area contributed by atoms with Crippen LogP contribution in [-0.2, 0) is 5.33 Å². The molecule has 1 atom stereocenters. The Labute approximate surface area is 112 Å². The number of hydrogen-bond acceptors (Lipinski definition) is 2. The lowest BCUT2D eigenvalue weighted by Crippen LogP contribution is -2.10. The van der Waals surface area contributed by atoms with Crippen LogP contribution in [0.2, 0.25) is 0 Å². The van der Waals surface area contributed by atoms with Gasteiger partial charge in [-0.25, -0.2) is 0 Å². The van der Waals surface area contributed by atoms with Crippen LogP contribution in [0.15, 0.2) is 0 Å². The molecule has 1 fully saturated rings. The fourth-order valence-corrected chi connectivity index (χ4v) is 2.79. The van der Waals surface area contributed by atoms with E-state index in [-0.39, 0.29) is 0 Å². The summed E-state index contributed by atoms with van der Waals surface area (Å²) in [4.78, 5) is 0. The van der Waals surface area contributed by atoms with Crippen molar-refractivity contribution in [3.8, 4) is 0 Å². The summed E-state index contributed by atoms with van der Waals surface area (Å²) in [6.07, 6.45) is 7.58. The Morgan fingerprint density at radius 1 is 1.35 bits per heavy atom. The largest absolute Gasteiger partial charge is 0.311 e. The van der Waals surface area contributed by atoms with E-state index in [1.807, 2.05) is 0 Å². The fourth-order valence-electron chi connectivity index (χ4n) is 2.40. The average Bonchev–Trinajstić information content (AvgIpc) is 3.11. The highest BCUT2D eigenvalue weighted by Gasteiger charge is 2.31. The Morgan fingerprint density at radius 3 is 2.65 bits per heavy atom. The lowest BCUT2D eigenvalue weighted by atomic mass is 9.98. The molecule has 3 nitrogen and oxygen atoms in total. The van der Waals surface area contributed by atoms with Gasteiger partial charge in [0.05, 0.1) is 5.33 Å². The van der Waals surface area contributed by atoms with Gasteiger partial charge in [0.25, 0.3) is 0 Å². The van der Waals surface area contributed by atoms with Crippen molar-refractivity contribution in [2.45, 2.75) is 69.7 Å². The van der Waals surface area contributed by atoms with Crippen LogP contribution in [0.25, 0.3) is 0 Å². The molecule has 96 valence electrons. The highest BCUT2D eigenvalue weighted by atomic mass is 79.9. The number of nitrogens with zero attached hydrogens (tertiary/aromatic N) is 3. The Kier molecular flexibility index (Phi) is 4.60. The predicted octanol–water partition coefficient (Wildman–Crippen LogP) is 4.19. The van der Waals surface area contributed by atoms with E-state index in [4.69, 9.17) is 0 Å². The van der Waals surface area contributed by atoms with Gasteiger partial charge in [-0.2, -0.15) is 0 Å². The molecular weight excluding hydrogens is 278 g/mol. The zero-order valence-electron chi connectivity index (χ0n) is 10.8. The van der Waals surface area contributed by atoms with Gasteiger partial charge in [-0.05, 0) is 25.7 Å². The molecule has 0 spiro atoms. The van der Waals surface area contributed by atoms with E-state index in [0.29, 0.717) is 12.0 Å². The summed E-state index contributed by atoms with van der Waals surface area (Å²) in [7, 11) is 0. The van der Waals surface area contributed by atoms with Crippen molar-refractivity contribution in [3.05, 3.63) is 11.6 Å². The van der Waals surface area contributed by atoms with E-state index in [1.165, 1.54) is 44.3 Å². The molecule has 0 saturated heterocycles. The fraction of sp³-hybridized carbons (Fsp3) is 0.846. The van der Waals surface area contributed by atoms with Gasteiger partial charge in [0, 0.05) is 12.0 Å². The van der Waals surface area contributed by atoms with Crippen LogP contribution in [-0.4, -0.2) is 14.8 Å². The van der Waals surface area contributed by atoms with E-state index < -0.39 is 0 Å². The number of halogens is 1. The quantitative estimate of drug-likeness (QED) is 0.707. The molecule has 4 heteroatoms. The number of aromatic nitrogens is 3. The van der Waals surface area contributed by atoms with E-state index in [2.05, 4.69) is 44.5 Å².